The van der Waals surface area contributed by atoms with Gasteiger partial charge in [0.15, 0.2) is 0 Å². The molecule has 2 saturated carbocycles. The van der Waals surface area contributed by atoms with E-state index >= 15 is 0 Å². The zero-order valence-corrected chi connectivity index (χ0v) is 13.5. The molecule has 0 amide bonds. The van der Waals surface area contributed by atoms with Gasteiger partial charge in [0.2, 0.25) is 0 Å². The SMILES string of the molecule is CN1CCN(C[C@H](O)COCC[C@@H]2C[C@H]3CC[C@H]2C3)CC1. The Balaban J connectivity index is 1.24. The van der Waals surface area contributed by atoms with Gasteiger partial charge in [0.1, 0.15) is 0 Å². The Morgan fingerprint density at radius 2 is 1.95 bits per heavy atom. The third-order valence-corrected chi connectivity index (χ3v) is 5.89. The van der Waals surface area contributed by atoms with Gasteiger partial charge in [-0.05, 0) is 50.5 Å². The zero-order chi connectivity index (χ0) is 14.7. The highest BCUT2D eigenvalue weighted by atomic mass is 16.5. The first kappa shape index (κ1) is 15.7. The minimum absolute atomic E-state index is 0.326. The minimum atomic E-state index is -0.326. The van der Waals surface area contributed by atoms with Crippen molar-refractivity contribution in [1.82, 2.24) is 9.80 Å². The lowest BCUT2D eigenvalue weighted by Gasteiger charge is -2.33. The predicted octanol–water partition coefficient (Wildman–Crippen LogP) is 1.44. The summed E-state index contributed by atoms with van der Waals surface area (Å²) in [6.45, 7) is 6.47. The van der Waals surface area contributed by atoms with Crippen LogP contribution in [0.25, 0.3) is 0 Å². The second-order valence-corrected chi connectivity index (χ2v) is 7.56. The summed E-state index contributed by atoms with van der Waals surface area (Å²) < 4.78 is 5.74. The summed E-state index contributed by atoms with van der Waals surface area (Å²) in [5.41, 5.74) is 0. The minimum Gasteiger partial charge on any atom is -0.389 e. The number of hydrogen-bond acceptors (Lipinski definition) is 4. The Morgan fingerprint density at radius 3 is 2.62 bits per heavy atom. The van der Waals surface area contributed by atoms with Gasteiger partial charge in [0.05, 0.1) is 12.7 Å². The molecule has 122 valence electrons. The van der Waals surface area contributed by atoms with Crippen molar-refractivity contribution < 1.29 is 9.84 Å². The summed E-state index contributed by atoms with van der Waals surface area (Å²) >= 11 is 0. The van der Waals surface area contributed by atoms with Gasteiger partial charge >= 0.3 is 0 Å². The van der Waals surface area contributed by atoms with Crippen molar-refractivity contribution in [2.45, 2.75) is 38.2 Å². The Morgan fingerprint density at radius 1 is 1.14 bits per heavy atom. The highest BCUT2D eigenvalue weighted by Gasteiger charge is 2.38. The summed E-state index contributed by atoms with van der Waals surface area (Å²) in [4.78, 5) is 4.69. The Kier molecular flexibility index (Phi) is 5.54. The molecular formula is C17H32N2O2. The normalized spacial score (nSPS) is 35.4. The smallest absolute Gasteiger partial charge is 0.0900 e. The predicted molar refractivity (Wildman–Crippen MR) is 84.3 cm³/mol. The van der Waals surface area contributed by atoms with Gasteiger partial charge in [-0.2, -0.15) is 0 Å². The van der Waals surface area contributed by atoms with Gasteiger partial charge < -0.3 is 14.7 Å². The number of piperazine rings is 1. The summed E-state index contributed by atoms with van der Waals surface area (Å²) in [5.74, 6) is 2.94. The van der Waals surface area contributed by atoms with Crippen molar-refractivity contribution >= 4 is 0 Å². The summed E-state index contributed by atoms with van der Waals surface area (Å²) in [7, 11) is 2.16. The second kappa shape index (κ2) is 7.40. The van der Waals surface area contributed by atoms with Gasteiger partial charge in [0, 0.05) is 39.3 Å². The first-order chi connectivity index (χ1) is 10.2. The molecule has 21 heavy (non-hydrogen) atoms. The lowest BCUT2D eigenvalue weighted by Crippen LogP contribution is -2.47. The number of ether oxygens (including phenoxy) is 1. The molecule has 0 radical (unpaired) electrons. The van der Waals surface area contributed by atoms with E-state index in [9.17, 15) is 5.11 Å². The van der Waals surface area contributed by atoms with E-state index in [-0.39, 0.29) is 6.10 Å². The molecule has 3 aliphatic rings. The largest absolute Gasteiger partial charge is 0.389 e. The van der Waals surface area contributed by atoms with E-state index in [4.69, 9.17) is 4.74 Å². The van der Waals surface area contributed by atoms with Crippen molar-refractivity contribution in [2.75, 3.05) is 53.0 Å². The second-order valence-electron chi connectivity index (χ2n) is 7.56. The van der Waals surface area contributed by atoms with Gasteiger partial charge in [-0.1, -0.05) is 6.42 Å². The molecule has 4 atom stereocenters. The number of aliphatic hydroxyl groups excluding tert-OH is 1. The molecule has 1 saturated heterocycles. The van der Waals surface area contributed by atoms with Crippen molar-refractivity contribution in [3.05, 3.63) is 0 Å². The monoisotopic (exact) mass is 296 g/mol. The van der Waals surface area contributed by atoms with E-state index in [1.54, 1.807) is 0 Å². The fraction of sp³-hybridized carbons (Fsp3) is 1.00. The van der Waals surface area contributed by atoms with Crippen LogP contribution in [-0.2, 0) is 4.74 Å². The number of β-amino-alcohol motifs (C(OH)–C–C–N with tert-alkyl or cyclic N) is 1. The quantitative estimate of drug-likeness (QED) is 0.721. The molecule has 0 aromatic heterocycles. The third-order valence-electron chi connectivity index (χ3n) is 5.89. The van der Waals surface area contributed by atoms with Crippen molar-refractivity contribution in [1.29, 1.82) is 0 Å². The maximum absolute atomic E-state index is 10.1. The Labute approximate surface area is 129 Å². The van der Waals surface area contributed by atoms with E-state index in [1.165, 1.54) is 32.1 Å². The lowest BCUT2D eigenvalue weighted by molar-refractivity contribution is 0.00395. The summed E-state index contributed by atoms with van der Waals surface area (Å²) in [6, 6.07) is 0. The molecule has 4 heteroatoms. The molecular weight excluding hydrogens is 264 g/mol. The van der Waals surface area contributed by atoms with E-state index < -0.39 is 0 Å². The van der Waals surface area contributed by atoms with Crippen molar-refractivity contribution in [3.63, 3.8) is 0 Å². The van der Waals surface area contributed by atoms with Crippen LogP contribution in [-0.4, -0.2) is 74.0 Å². The highest BCUT2D eigenvalue weighted by molar-refractivity contribution is 4.89. The van der Waals surface area contributed by atoms with Crippen LogP contribution in [0.5, 0.6) is 0 Å². The maximum atomic E-state index is 10.1. The Bertz CT molecular complexity index is 318. The van der Waals surface area contributed by atoms with E-state index in [0.717, 1.165) is 57.1 Å². The first-order valence-corrected chi connectivity index (χ1v) is 8.87. The van der Waals surface area contributed by atoms with Gasteiger partial charge in [-0.3, -0.25) is 4.90 Å². The molecule has 0 spiro atoms. The topological polar surface area (TPSA) is 35.9 Å². The number of rotatable bonds is 7. The molecule has 1 N–H and O–H groups in total. The van der Waals surface area contributed by atoms with Gasteiger partial charge in [-0.15, -0.1) is 0 Å². The maximum Gasteiger partial charge on any atom is 0.0900 e. The molecule has 0 aromatic carbocycles. The highest BCUT2D eigenvalue weighted by Crippen LogP contribution is 2.49. The van der Waals surface area contributed by atoms with Crippen molar-refractivity contribution in [3.8, 4) is 0 Å². The molecule has 3 rings (SSSR count). The number of fused-ring (bicyclic) bond motifs is 2. The molecule has 0 unspecified atom stereocenters. The zero-order valence-electron chi connectivity index (χ0n) is 13.5. The molecule has 4 nitrogen and oxygen atoms in total. The van der Waals surface area contributed by atoms with Gasteiger partial charge in [-0.25, -0.2) is 0 Å². The number of hydrogen-bond donors (Lipinski definition) is 1. The van der Waals surface area contributed by atoms with E-state index in [2.05, 4.69) is 16.8 Å². The van der Waals surface area contributed by atoms with Crippen LogP contribution >= 0.6 is 0 Å². The van der Waals surface area contributed by atoms with Crippen LogP contribution in [0, 0.1) is 17.8 Å². The van der Waals surface area contributed by atoms with Crippen LogP contribution in [0.2, 0.25) is 0 Å². The number of aliphatic hydroxyl groups is 1. The van der Waals surface area contributed by atoms with Gasteiger partial charge in [0.25, 0.3) is 0 Å². The third kappa shape index (κ3) is 4.41. The van der Waals surface area contributed by atoms with Crippen molar-refractivity contribution in [2.24, 2.45) is 17.8 Å². The van der Waals surface area contributed by atoms with Crippen LogP contribution in [0.4, 0.5) is 0 Å². The fourth-order valence-electron chi connectivity index (χ4n) is 4.57. The summed E-state index contributed by atoms with van der Waals surface area (Å²) in [6.07, 6.45) is 6.75. The molecule has 2 bridgehead atoms. The van der Waals surface area contributed by atoms with Crippen LogP contribution in [0.1, 0.15) is 32.1 Å². The first-order valence-electron chi connectivity index (χ1n) is 8.87. The average Bonchev–Trinajstić information content (AvgIpc) is 3.09. The molecule has 1 aliphatic heterocycles. The van der Waals surface area contributed by atoms with E-state index in [1.807, 2.05) is 0 Å². The average molecular weight is 296 g/mol. The van der Waals surface area contributed by atoms with Crippen LogP contribution < -0.4 is 0 Å². The fourth-order valence-corrected chi connectivity index (χ4v) is 4.57. The molecule has 2 aliphatic carbocycles. The molecule has 0 aromatic rings. The van der Waals surface area contributed by atoms with E-state index in [0.29, 0.717) is 6.61 Å². The lowest BCUT2D eigenvalue weighted by atomic mass is 9.87. The van der Waals surface area contributed by atoms with Crippen LogP contribution in [0.15, 0.2) is 0 Å². The number of likely N-dealkylation sites (N-methyl/N-ethyl adjacent to an activating group) is 1. The number of nitrogens with zero attached hydrogens (tertiary/aromatic N) is 2. The Hall–Kier alpha value is -0.160. The molecule has 3 fully saturated rings. The molecule has 1 heterocycles. The summed E-state index contributed by atoms with van der Waals surface area (Å²) in [5, 5.41) is 10.1. The standard InChI is InChI=1S/C17H32N2O2/c1-18-5-7-19(8-6-18)12-17(20)13-21-9-4-16-11-14-2-3-15(16)10-14/h14-17,20H,2-13H2,1H3/t14-,15-,16+,17-/m0/s1. The van der Waals surface area contributed by atoms with Crippen LogP contribution in [0.3, 0.4) is 0 Å².